The van der Waals surface area contributed by atoms with Gasteiger partial charge in [-0.15, -0.1) is 0 Å². The fraction of sp³-hybridized carbons (Fsp3) is 0.545. The average Bonchev–Trinajstić information content (AvgIpc) is 2.38. The second-order valence-corrected chi connectivity index (χ2v) is 4.07. The third-order valence-electron chi connectivity index (χ3n) is 2.81. The van der Waals surface area contributed by atoms with Crippen LogP contribution in [0.25, 0.3) is 0 Å². The fourth-order valence-corrected chi connectivity index (χ4v) is 1.58. The van der Waals surface area contributed by atoms with E-state index in [9.17, 15) is 4.39 Å². The molecule has 1 atom stereocenters. The van der Waals surface area contributed by atoms with E-state index in [1.807, 2.05) is 13.8 Å². The topological polar surface area (TPSA) is 87.6 Å². The van der Waals surface area contributed by atoms with Gasteiger partial charge in [-0.25, -0.2) is 14.4 Å². The monoisotopic (exact) mass is 255 g/mol. The fourth-order valence-electron chi connectivity index (χ4n) is 1.58. The molecule has 0 spiro atoms. The maximum Gasteiger partial charge on any atom is 0.187 e. The minimum Gasteiger partial charge on any atom is -0.409 e. The van der Waals surface area contributed by atoms with Crippen molar-refractivity contribution in [3.05, 3.63) is 17.8 Å². The third kappa shape index (κ3) is 3.06. The summed E-state index contributed by atoms with van der Waals surface area (Å²) in [5.74, 6) is -0.103. The Morgan fingerprint density at radius 1 is 1.61 bits per heavy atom. The van der Waals surface area contributed by atoms with E-state index >= 15 is 0 Å². The molecule has 18 heavy (non-hydrogen) atoms. The first kappa shape index (κ1) is 14.1. The van der Waals surface area contributed by atoms with Crippen LogP contribution >= 0.6 is 0 Å². The molecule has 1 aromatic rings. The van der Waals surface area contributed by atoms with E-state index in [4.69, 9.17) is 10.9 Å². The number of hydrogen-bond acceptors (Lipinski definition) is 5. The van der Waals surface area contributed by atoms with Gasteiger partial charge in [0, 0.05) is 19.5 Å². The highest BCUT2D eigenvalue weighted by atomic mass is 19.1. The predicted octanol–water partition coefficient (Wildman–Crippen LogP) is 1.14. The molecule has 0 aromatic carbocycles. The van der Waals surface area contributed by atoms with Crippen LogP contribution in [0.4, 0.5) is 10.2 Å². The number of oxime groups is 1. The van der Waals surface area contributed by atoms with Gasteiger partial charge in [0.2, 0.25) is 0 Å². The molecule has 6 nitrogen and oxygen atoms in total. The Bertz CT molecular complexity index is 437. The summed E-state index contributed by atoms with van der Waals surface area (Å²) in [6, 6.07) is -0.144. The number of anilines is 1. The second-order valence-electron chi connectivity index (χ2n) is 4.07. The lowest BCUT2D eigenvalue weighted by atomic mass is 10.2. The number of aryl methyl sites for hydroxylation is 1. The molecule has 3 N–H and O–H groups in total. The summed E-state index contributed by atoms with van der Waals surface area (Å²) in [5.41, 5.74) is 5.81. The number of halogens is 1. The van der Waals surface area contributed by atoms with Crippen LogP contribution in [-0.4, -0.2) is 34.1 Å². The van der Waals surface area contributed by atoms with Crippen LogP contribution in [0.1, 0.15) is 26.0 Å². The van der Waals surface area contributed by atoms with Crippen molar-refractivity contribution in [1.82, 2.24) is 9.97 Å². The van der Waals surface area contributed by atoms with Gasteiger partial charge in [-0.2, -0.15) is 0 Å². The molecule has 0 aliphatic heterocycles. The molecule has 1 aromatic heterocycles. The van der Waals surface area contributed by atoms with E-state index in [-0.39, 0.29) is 17.7 Å². The molecule has 1 rings (SSSR count). The van der Waals surface area contributed by atoms with Crippen molar-refractivity contribution in [3.63, 3.8) is 0 Å². The number of aromatic nitrogens is 2. The lowest BCUT2D eigenvalue weighted by Gasteiger charge is -2.26. The molecule has 0 saturated heterocycles. The number of nitrogens with two attached hydrogens (primary N) is 1. The summed E-state index contributed by atoms with van der Waals surface area (Å²) in [7, 11) is 1.71. The zero-order valence-corrected chi connectivity index (χ0v) is 10.8. The smallest absolute Gasteiger partial charge is 0.187 e. The molecule has 0 aliphatic carbocycles. The van der Waals surface area contributed by atoms with Crippen molar-refractivity contribution < 1.29 is 9.60 Å². The Morgan fingerprint density at radius 2 is 2.28 bits per heavy atom. The van der Waals surface area contributed by atoms with Gasteiger partial charge < -0.3 is 15.8 Å². The number of rotatable bonds is 5. The van der Waals surface area contributed by atoms with Crippen LogP contribution in [0.3, 0.4) is 0 Å². The van der Waals surface area contributed by atoms with Gasteiger partial charge in [-0.1, -0.05) is 12.1 Å². The zero-order chi connectivity index (χ0) is 13.7. The highest BCUT2D eigenvalue weighted by Crippen LogP contribution is 2.19. The predicted molar refractivity (Wildman–Crippen MR) is 67.3 cm³/mol. The van der Waals surface area contributed by atoms with E-state index in [2.05, 4.69) is 15.1 Å². The van der Waals surface area contributed by atoms with Crippen LogP contribution < -0.4 is 10.6 Å². The van der Waals surface area contributed by atoms with E-state index in [1.54, 1.807) is 11.9 Å². The van der Waals surface area contributed by atoms with Gasteiger partial charge in [-0.3, -0.25) is 0 Å². The summed E-state index contributed by atoms with van der Waals surface area (Å²) >= 11 is 0. The number of hydrogen-bond donors (Lipinski definition) is 2. The van der Waals surface area contributed by atoms with Crippen LogP contribution in [0.15, 0.2) is 11.5 Å². The zero-order valence-electron chi connectivity index (χ0n) is 10.8. The van der Waals surface area contributed by atoms with Crippen LogP contribution in [0.2, 0.25) is 0 Å². The van der Waals surface area contributed by atoms with Crippen molar-refractivity contribution in [3.8, 4) is 0 Å². The minimum atomic E-state index is -0.422. The quantitative estimate of drug-likeness (QED) is 0.356. The van der Waals surface area contributed by atoms with Crippen LogP contribution in [-0.2, 0) is 6.42 Å². The Morgan fingerprint density at radius 3 is 2.83 bits per heavy atom. The van der Waals surface area contributed by atoms with Crippen molar-refractivity contribution in [2.24, 2.45) is 10.9 Å². The summed E-state index contributed by atoms with van der Waals surface area (Å²) in [4.78, 5) is 9.46. The summed E-state index contributed by atoms with van der Waals surface area (Å²) in [6.07, 6.45) is 2.16. The van der Waals surface area contributed by atoms with E-state index in [1.165, 1.54) is 6.33 Å². The molecule has 0 amide bonds. The van der Waals surface area contributed by atoms with Gasteiger partial charge in [0.05, 0.1) is 5.69 Å². The molecule has 0 saturated carbocycles. The summed E-state index contributed by atoms with van der Waals surface area (Å²) in [6.45, 7) is 3.67. The highest BCUT2D eigenvalue weighted by molar-refractivity contribution is 5.80. The Kier molecular flexibility index (Phi) is 4.82. The van der Waals surface area contributed by atoms with Crippen LogP contribution in [0.5, 0.6) is 0 Å². The van der Waals surface area contributed by atoms with Gasteiger partial charge in [0.1, 0.15) is 12.2 Å². The maximum absolute atomic E-state index is 14.0. The lowest BCUT2D eigenvalue weighted by Crippen LogP contribution is -2.34. The van der Waals surface area contributed by atoms with Gasteiger partial charge >= 0.3 is 0 Å². The first-order valence-electron chi connectivity index (χ1n) is 5.69. The highest BCUT2D eigenvalue weighted by Gasteiger charge is 2.18. The largest absolute Gasteiger partial charge is 0.409 e. The molecular formula is C11H18FN5O. The van der Waals surface area contributed by atoms with Gasteiger partial charge in [-0.05, 0) is 13.3 Å². The molecule has 0 radical (unpaired) electrons. The van der Waals surface area contributed by atoms with Crippen LogP contribution in [0, 0.1) is 5.82 Å². The Labute approximate surface area is 105 Å². The molecule has 7 heteroatoms. The second kappa shape index (κ2) is 6.13. The minimum absolute atomic E-state index is 0.0968. The van der Waals surface area contributed by atoms with E-state index < -0.39 is 5.82 Å². The van der Waals surface area contributed by atoms with Gasteiger partial charge in [0.15, 0.2) is 11.6 Å². The maximum atomic E-state index is 14.0. The van der Waals surface area contributed by atoms with Gasteiger partial charge in [0.25, 0.3) is 0 Å². The first-order valence-corrected chi connectivity index (χ1v) is 5.69. The van der Waals surface area contributed by atoms with Crippen molar-refractivity contribution >= 4 is 11.7 Å². The normalized spacial score (nSPS) is 13.4. The first-order chi connectivity index (χ1) is 8.51. The molecule has 100 valence electrons. The molecule has 0 bridgehead atoms. The average molecular weight is 255 g/mol. The molecule has 1 unspecified atom stereocenters. The third-order valence-corrected chi connectivity index (χ3v) is 2.81. The van der Waals surface area contributed by atoms with Crippen molar-refractivity contribution in [1.29, 1.82) is 0 Å². The Hall–Kier alpha value is -1.92. The Balaban J connectivity index is 2.93. The SMILES string of the molecule is CCc1ncnc(N(C)C(C)CC(N)=NO)c1F. The van der Waals surface area contributed by atoms with Crippen molar-refractivity contribution in [2.75, 3.05) is 11.9 Å². The van der Waals surface area contributed by atoms with E-state index in [0.717, 1.165) is 0 Å². The molecule has 0 fully saturated rings. The number of nitrogens with zero attached hydrogens (tertiary/aromatic N) is 4. The molecule has 0 aliphatic rings. The standard InChI is InChI=1S/C11H18FN5O/c1-4-8-10(12)11(15-6-14-8)17(3)7(2)5-9(13)16-18/h6-7,18H,4-5H2,1-3H3,(H2,13,16). The van der Waals surface area contributed by atoms with E-state index in [0.29, 0.717) is 18.5 Å². The lowest BCUT2D eigenvalue weighted by molar-refractivity contribution is 0.316. The number of amidine groups is 1. The molecular weight excluding hydrogens is 237 g/mol. The summed E-state index contributed by atoms with van der Waals surface area (Å²) in [5, 5.41) is 11.4. The van der Waals surface area contributed by atoms with Crippen molar-refractivity contribution in [2.45, 2.75) is 32.7 Å². The molecule has 1 heterocycles. The summed E-state index contributed by atoms with van der Waals surface area (Å²) < 4.78 is 14.0.